The van der Waals surface area contributed by atoms with Gasteiger partial charge in [-0.15, -0.1) is 0 Å². The van der Waals surface area contributed by atoms with Gasteiger partial charge in [0.05, 0.1) is 0 Å². The molecule has 1 atom stereocenters. The number of aliphatic imine (C=N–C) groups is 1. The third-order valence-electron chi connectivity index (χ3n) is 3.33. The second-order valence-corrected chi connectivity index (χ2v) is 5.02. The summed E-state index contributed by atoms with van der Waals surface area (Å²) in [6.07, 6.45) is 5.22. The predicted molar refractivity (Wildman–Crippen MR) is 76.5 cm³/mol. The molecule has 3 nitrogen and oxygen atoms in total. The molecule has 1 aromatic heterocycles. The molecule has 0 radical (unpaired) electrons. The molecule has 3 heteroatoms. The number of rotatable bonds is 3. The minimum atomic E-state index is 0.667. The Morgan fingerprint density at radius 1 is 1.50 bits per heavy atom. The standard InChI is InChI=1S/C15H21N3/c1-11-4-7-17-15(8-11)18-13(3)9-12(2)14-5-6-16-10-14/h4,7-9,14,16H,5-6,10H2,1-3H3/b12-9+,18-13?. The van der Waals surface area contributed by atoms with Crippen molar-refractivity contribution in [3.63, 3.8) is 0 Å². The first kappa shape index (κ1) is 13.0. The van der Waals surface area contributed by atoms with Gasteiger partial charge in [-0.25, -0.2) is 9.98 Å². The van der Waals surface area contributed by atoms with Gasteiger partial charge in [0, 0.05) is 18.5 Å². The lowest BCUT2D eigenvalue weighted by Crippen LogP contribution is -2.10. The maximum atomic E-state index is 4.54. The van der Waals surface area contributed by atoms with E-state index in [2.05, 4.69) is 35.2 Å². The zero-order valence-electron chi connectivity index (χ0n) is 11.4. The molecule has 0 spiro atoms. The lowest BCUT2D eigenvalue weighted by molar-refractivity contribution is 0.682. The molecule has 0 amide bonds. The summed E-state index contributed by atoms with van der Waals surface area (Å²) in [4.78, 5) is 8.80. The minimum Gasteiger partial charge on any atom is -0.316 e. The van der Waals surface area contributed by atoms with Gasteiger partial charge in [-0.1, -0.05) is 5.57 Å². The highest BCUT2D eigenvalue weighted by Gasteiger charge is 2.15. The molecule has 0 bridgehead atoms. The highest BCUT2D eigenvalue weighted by atomic mass is 14.9. The first-order valence-corrected chi connectivity index (χ1v) is 6.52. The van der Waals surface area contributed by atoms with Gasteiger partial charge >= 0.3 is 0 Å². The lowest BCUT2D eigenvalue weighted by atomic mass is 9.99. The third-order valence-corrected chi connectivity index (χ3v) is 3.33. The number of pyridine rings is 1. The Kier molecular flexibility index (Phi) is 4.26. The van der Waals surface area contributed by atoms with E-state index < -0.39 is 0 Å². The van der Waals surface area contributed by atoms with Gasteiger partial charge in [-0.3, -0.25) is 0 Å². The molecule has 1 fully saturated rings. The van der Waals surface area contributed by atoms with Crippen molar-refractivity contribution >= 4 is 11.5 Å². The number of nitrogens with one attached hydrogen (secondary N) is 1. The molecule has 1 N–H and O–H groups in total. The van der Waals surface area contributed by atoms with Crippen molar-refractivity contribution in [1.29, 1.82) is 0 Å². The third kappa shape index (κ3) is 3.50. The van der Waals surface area contributed by atoms with Crippen LogP contribution in [0, 0.1) is 12.8 Å². The van der Waals surface area contributed by atoms with Crippen LogP contribution in [-0.2, 0) is 0 Å². The van der Waals surface area contributed by atoms with E-state index in [0.717, 1.165) is 24.6 Å². The topological polar surface area (TPSA) is 37.3 Å². The van der Waals surface area contributed by atoms with Gasteiger partial charge in [0.1, 0.15) is 0 Å². The monoisotopic (exact) mass is 243 g/mol. The molecule has 0 aliphatic carbocycles. The van der Waals surface area contributed by atoms with E-state index in [1.807, 2.05) is 19.1 Å². The van der Waals surface area contributed by atoms with Crippen molar-refractivity contribution in [2.75, 3.05) is 13.1 Å². The summed E-state index contributed by atoms with van der Waals surface area (Å²) in [5.41, 5.74) is 3.63. The fourth-order valence-electron chi connectivity index (χ4n) is 2.28. The Balaban J connectivity index is 2.10. The SMILES string of the molecule is CC(/C=C(\C)C1CCNC1)=Nc1cc(C)ccn1. The van der Waals surface area contributed by atoms with Crippen LogP contribution in [0.5, 0.6) is 0 Å². The van der Waals surface area contributed by atoms with Crippen LogP contribution in [0.4, 0.5) is 5.82 Å². The zero-order chi connectivity index (χ0) is 13.0. The molecule has 1 unspecified atom stereocenters. The molecule has 1 aliphatic heterocycles. The van der Waals surface area contributed by atoms with E-state index in [1.54, 1.807) is 6.20 Å². The molecule has 96 valence electrons. The van der Waals surface area contributed by atoms with Gasteiger partial charge in [0.25, 0.3) is 0 Å². The quantitative estimate of drug-likeness (QED) is 0.828. The second kappa shape index (κ2) is 5.91. The Morgan fingerprint density at radius 2 is 2.33 bits per heavy atom. The molecular formula is C15H21N3. The van der Waals surface area contributed by atoms with Gasteiger partial charge in [-0.05, 0) is 63.4 Å². The van der Waals surface area contributed by atoms with Crippen LogP contribution in [0.2, 0.25) is 0 Å². The fraction of sp³-hybridized carbons (Fsp3) is 0.467. The van der Waals surface area contributed by atoms with Crippen molar-refractivity contribution in [3.8, 4) is 0 Å². The van der Waals surface area contributed by atoms with Crippen molar-refractivity contribution in [1.82, 2.24) is 10.3 Å². The summed E-state index contributed by atoms with van der Waals surface area (Å²) < 4.78 is 0. The molecule has 1 aliphatic rings. The van der Waals surface area contributed by atoms with Crippen LogP contribution in [0.1, 0.15) is 25.8 Å². The molecular weight excluding hydrogens is 222 g/mol. The number of aromatic nitrogens is 1. The summed E-state index contributed by atoms with van der Waals surface area (Å²) in [5, 5.41) is 3.39. The molecule has 0 aromatic carbocycles. The average molecular weight is 243 g/mol. The van der Waals surface area contributed by atoms with E-state index in [0.29, 0.717) is 5.92 Å². The highest BCUT2D eigenvalue weighted by Crippen LogP contribution is 2.18. The van der Waals surface area contributed by atoms with E-state index in [1.165, 1.54) is 17.6 Å². The first-order valence-electron chi connectivity index (χ1n) is 6.52. The normalized spacial score (nSPS) is 21.4. The van der Waals surface area contributed by atoms with Gasteiger partial charge in [0.2, 0.25) is 0 Å². The van der Waals surface area contributed by atoms with E-state index in [4.69, 9.17) is 0 Å². The van der Waals surface area contributed by atoms with Gasteiger partial charge in [-0.2, -0.15) is 0 Å². The highest BCUT2D eigenvalue weighted by molar-refractivity contribution is 5.95. The van der Waals surface area contributed by atoms with Crippen molar-refractivity contribution in [3.05, 3.63) is 35.5 Å². The molecule has 2 heterocycles. The fourth-order valence-corrected chi connectivity index (χ4v) is 2.28. The van der Waals surface area contributed by atoms with Crippen LogP contribution >= 0.6 is 0 Å². The van der Waals surface area contributed by atoms with Crippen molar-refractivity contribution < 1.29 is 0 Å². The van der Waals surface area contributed by atoms with Crippen LogP contribution < -0.4 is 5.32 Å². The Labute approximate surface area is 109 Å². The average Bonchev–Trinajstić information content (AvgIpc) is 2.81. The Bertz CT molecular complexity index is 468. The van der Waals surface area contributed by atoms with Crippen molar-refractivity contribution in [2.24, 2.45) is 10.9 Å². The minimum absolute atomic E-state index is 0.667. The maximum absolute atomic E-state index is 4.54. The van der Waals surface area contributed by atoms with E-state index in [-0.39, 0.29) is 0 Å². The van der Waals surface area contributed by atoms with Crippen molar-refractivity contribution in [2.45, 2.75) is 27.2 Å². The first-order chi connectivity index (χ1) is 8.65. The Morgan fingerprint density at radius 3 is 3.00 bits per heavy atom. The number of aryl methyl sites for hydroxylation is 1. The van der Waals surface area contributed by atoms with Gasteiger partial charge in [0.15, 0.2) is 5.82 Å². The number of allylic oxidation sites excluding steroid dienone is 1. The smallest absolute Gasteiger partial charge is 0.152 e. The number of hydrogen-bond acceptors (Lipinski definition) is 3. The Hall–Kier alpha value is -1.48. The molecule has 18 heavy (non-hydrogen) atoms. The summed E-state index contributed by atoms with van der Waals surface area (Å²) in [6, 6.07) is 3.99. The molecule has 0 saturated carbocycles. The summed E-state index contributed by atoms with van der Waals surface area (Å²) in [7, 11) is 0. The van der Waals surface area contributed by atoms with Crippen LogP contribution in [0.15, 0.2) is 35.0 Å². The maximum Gasteiger partial charge on any atom is 0.152 e. The molecule has 2 rings (SSSR count). The summed E-state index contributed by atoms with van der Waals surface area (Å²) in [6.45, 7) is 8.52. The largest absolute Gasteiger partial charge is 0.316 e. The second-order valence-electron chi connectivity index (χ2n) is 5.02. The number of nitrogens with zero attached hydrogens (tertiary/aromatic N) is 2. The van der Waals surface area contributed by atoms with Crippen LogP contribution in [-0.4, -0.2) is 23.8 Å². The van der Waals surface area contributed by atoms with E-state index in [9.17, 15) is 0 Å². The molecule has 1 saturated heterocycles. The number of hydrogen-bond donors (Lipinski definition) is 1. The zero-order valence-corrected chi connectivity index (χ0v) is 11.4. The summed E-state index contributed by atoms with van der Waals surface area (Å²) in [5.74, 6) is 1.46. The lowest BCUT2D eigenvalue weighted by Gasteiger charge is -2.08. The van der Waals surface area contributed by atoms with E-state index >= 15 is 0 Å². The van der Waals surface area contributed by atoms with Crippen LogP contribution in [0.3, 0.4) is 0 Å². The van der Waals surface area contributed by atoms with Gasteiger partial charge < -0.3 is 5.32 Å². The predicted octanol–water partition coefficient (Wildman–Crippen LogP) is 3.04. The molecule has 1 aromatic rings. The summed E-state index contributed by atoms with van der Waals surface area (Å²) >= 11 is 0. The van der Waals surface area contributed by atoms with Crippen LogP contribution in [0.25, 0.3) is 0 Å².